The lowest BCUT2D eigenvalue weighted by Crippen LogP contribution is -2.38. The predicted molar refractivity (Wildman–Crippen MR) is 80.6 cm³/mol. The summed E-state index contributed by atoms with van der Waals surface area (Å²) in [6.45, 7) is 7.77. The maximum absolute atomic E-state index is 12.5. The molecule has 21 heavy (non-hydrogen) atoms. The molecule has 0 spiro atoms. The molecule has 0 aromatic heterocycles. The van der Waals surface area contributed by atoms with Crippen LogP contribution in [0.1, 0.15) is 44.5 Å². The molecule has 116 valence electrons. The van der Waals surface area contributed by atoms with Crippen LogP contribution >= 0.6 is 0 Å². The largest absolute Gasteiger partial charge is 0.491 e. The Morgan fingerprint density at radius 2 is 1.90 bits per heavy atom. The summed E-state index contributed by atoms with van der Waals surface area (Å²) in [5.41, 5.74) is 0.507. The standard InChI is InChI=1S/C16H23NO4/c1-11(2)17(9-8-15(18)19)16(20)13-6-5-7-14(10-13)21-12(3)4/h5-7,10-12H,8-9H2,1-4H3,(H,18,19). The zero-order valence-electron chi connectivity index (χ0n) is 13.0. The van der Waals surface area contributed by atoms with Crippen molar-refractivity contribution in [3.8, 4) is 5.75 Å². The van der Waals surface area contributed by atoms with Crippen LogP contribution in [0, 0.1) is 0 Å². The highest BCUT2D eigenvalue weighted by Gasteiger charge is 2.20. The molecule has 1 N–H and O–H groups in total. The number of rotatable bonds is 7. The summed E-state index contributed by atoms with van der Waals surface area (Å²) in [5.74, 6) is -0.455. The van der Waals surface area contributed by atoms with Crippen molar-refractivity contribution in [2.24, 2.45) is 0 Å². The molecule has 0 heterocycles. The highest BCUT2D eigenvalue weighted by Crippen LogP contribution is 2.17. The van der Waals surface area contributed by atoms with E-state index < -0.39 is 5.97 Å². The number of benzene rings is 1. The first-order valence-electron chi connectivity index (χ1n) is 7.10. The lowest BCUT2D eigenvalue weighted by molar-refractivity contribution is -0.137. The number of hydrogen-bond donors (Lipinski definition) is 1. The lowest BCUT2D eigenvalue weighted by Gasteiger charge is -2.26. The van der Waals surface area contributed by atoms with Crippen LogP contribution in [0.15, 0.2) is 24.3 Å². The number of aliphatic carboxylic acids is 1. The average molecular weight is 293 g/mol. The van der Waals surface area contributed by atoms with E-state index in [9.17, 15) is 9.59 Å². The summed E-state index contributed by atoms with van der Waals surface area (Å²) < 4.78 is 5.58. The number of ether oxygens (including phenoxy) is 1. The molecule has 1 aromatic rings. The van der Waals surface area contributed by atoms with Crippen LogP contribution in [0.25, 0.3) is 0 Å². The Morgan fingerprint density at radius 3 is 2.43 bits per heavy atom. The van der Waals surface area contributed by atoms with Gasteiger partial charge in [-0.1, -0.05) is 6.07 Å². The van der Waals surface area contributed by atoms with Gasteiger partial charge in [0.05, 0.1) is 12.5 Å². The fraction of sp³-hybridized carbons (Fsp3) is 0.500. The first kappa shape index (κ1) is 17.0. The van der Waals surface area contributed by atoms with Gasteiger partial charge in [-0.05, 0) is 45.9 Å². The zero-order chi connectivity index (χ0) is 16.0. The fourth-order valence-electron chi connectivity index (χ4n) is 1.95. The SMILES string of the molecule is CC(C)Oc1cccc(C(=O)N(CCC(=O)O)C(C)C)c1. The summed E-state index contributed by atoms with van der Waals surface area (Å²) in [5, 5.41) is 8.78. The van der Waals surface area contributed by atoms with Gasteiger partial charge in [0, 0.05) is 18.2 Å². The van der Waals surface area contributed by atoms with E-state index in [-0.39, 0.29) is 31.0 Å². The molecule has 1 aromatic carbocycles. The molecule has 5 heteroatoms. The smallest absolute Gasteiger partial charge is 0.305 e. The van der Waals surface area contributed by atoms with Crippen molar-refractivity contribution in [1.29, 1.82) is 0 Å². The van der Waals surface area contributed by atoms with Crippen LogP contribution in [-0.4, -0.2) is 40.6 Å². The van der Waals surface area contributed by atoms with Crippen molar-refractivity contribution in [2.45, 2.75) is 46.3 Å². The van der Waals surface area contributed by atoms with Crippen molar-refractivity contribution in [1.82, 2.24) is 4.90 Å². The van der Waals surface area contributed by atoms with Crippen LogP contribution in [-0.2, 0) is 4.79 Å². The highest BCUT2D eigenvalue weighted by atomic mass is 16.5. The monoisotopic (exact) mass is 293 g/mol. The van der Waals surface area contributed by atoms with E-state index in [4.69, 9.17) is 9.84 Å². The van der Waals surface area contributed by atoms with Crippen molar-refractivity contribution in [2.75, 3.05) is 6.54 Å². The summed E-state index contributed by atoms with van der Waals surface area (Å²) in [4.78, 5) is 24.8. The summed E-state index contributed by atoms with van der Waals surface area (Å²) in [7, 11) is 0. The van der Waals surface area contributed by atoms with Crippen molar-refractivity contribution >= 4 is 11.9 Å². The van der Waals surface area contributed by atoms with Gasteiger partial charge in [-0.2, -0.15) is 0 Å². The van der Waals surface area contributed by atoms with Crippen molar-refractivity contribution in [3.63, 3.8) is 0 Å². The number of hydrogen-bond acceptors (Lipinski definition) is 3. The highest BCUT2D eigenvalue weighted by molar-refractivity contribution is 5.95. The van der Waals surface area contributed by atoms with Crippen LogP contribution in [0.2, 0.25) is 0 Å². The third-order valence-electron chi connectivity index (χ3n) is 2.90. The number of amides is 1. The van der Waals surface area contributed by atoms with Crippen LogP contribution in [0.4, 0.5) is 0 Å². The van der Waals surface area contributed by atoms with Gasteiger partial charge in [-0.3, -0.25) is 9.59 Å². The van der Waals surface area contributed by atoms with Gasteiger partial charge in [-0.15, -0.1) is 0 Å². The summed E-state index contributed by atoms with van der Waals surface area (Å²) >= 11 is 0. The molecular formula is C16H23NO4. The third-order valence-corrected chi connectivity index (χ3v) is 2.90. The topological polar surface area (TPSA) is 66.8 Å². The van der Waals surface area contributed by atoms with Gasteiger partial charge < -0.3 is 14.7 Å². The van der Waals surface area contributed by atoms with Gasteiger partial charge in [0.2, 0.25) is 0 Å². The van der Waals surface area contributed by atoms with Gasteiger partial charge in [0.25, 0.3) is 5.91 Å². The summed E-state index contributed by atoms with van der Waals surface area (Å²) in [6, 6.07) is 6.91. The summed E-state index contributed by atoms with van der Waals surface area (Å²) in [6.07, 6.45) is -0.0323. The molecule has 1 amide bonds. The molecule has 0 atom stereocenters. The molecule has 0 unspecified atom stereocenters. The Hall–Kier alpha value is -2.04. The van der Waals surface area contributed by atoms with E-state index in [2.05, 4.69) is 0 Å². The minimum absolute atomic E-state index is 0.0311. The van der Waals surface area contributed by atoms with Gasteiger partial charge in [0.1, 0.15) is 5.75 Å². The second-order valence-corrected chi connectivity index (χ2v) is 5.43. The number of carbonyl (C=O) groups excluding carboxylic acids is 1. The minimum Gasteiger partial charge on any atom is -0.491 e. The van der Waals surface area contributed by atoms with E-state index >= 15 is 0 Å². The molecule has 0 radical (unpaired) electrons. The zero-order valence-corrected chi connectivity index (χ0v) is 13.0. The van der Waals surface area contributed by atoms with Crippen molar-refractivity contribution in [3.05, 3.63) is 29.8 Å². The van der Waals surface area contributed by atoms with E-state index in [0.29, 0.717) is 11.3 Å². The molecule has 0 aliphatic rings. The van der Waals surface area contributed by atoms with E-state index in [0.717, 1.165) is 0 Å². The molecule has 0 aliphatic heterocycles. The maximum Gasteiger partial charge on any atom is 0.305 e. The number of carbonyl (C=O) groups is 2. The first-order chi connectivity index (χ1) is 9.81. The van der Waals surface area contributed by atoms with Gasteiger partial charge in [-0.25, -0.2) is 0 Å². The second-order valence-electron chi connectivity index (χ2n) is 5.43. The van der Waals surface area contributed by atoms with E-state index in [1.165, 1.54) is 0 Å². The van der Waals surface area contributed by atoms with Gasteiger partial charge >= 0.3 is 5.97 Å². The Kier molecular flexibility index (Phi) is 6.21. The van der Waals surface area contributed by atoms with Crippen LogP contribution in [0.3, 0.4) is 0 Å². The molecule has 5 nitrogen and oxygen atoms in total. The normalized spacial score (nSPS) is 10.8. The fourth-order valence-corrected chi connectivity index (χ4v) is 1.95. The van der Waals surface area contributed by atoms with E-state index in [1.807, 2.05) is 27.7 Å². The number of carboxylic acid groups (broad SMARTS) is 1. The first-order valence-corrected chi connectivity index (χ1v) is 7.10. The average Bonchev–Trinajstić information content (AvgIpc) is 2.37. The molecule has 1 rings (SSSR count). The number of nitrogens with zero attached hydrogens (tertiary/aromatic N) is 1. The Balaban J connectivity index is 2.90. The Bertz CT molecular complexity index is 497. The maximum atomic E-state index is 12.5. The lowest BCUT2D eigenvalue weighted by atomic mass is 10.1. The molecule has 0 fully saturated rings. The van der Waals surface area contributed by atoms with E-state index in [1.54, 1.807) is 29.2 Å². The quantitative estimate of drug-likeness (QED) is 0.839. The van der Waals surface area contributed by atoms with Crippen LogP contribution < -0.4 is 4.74 Å². The predicted octanol–water partition coefficient (Wildman–Crippen LogP) is 2.80. The molecular weight excluding hydrogens is 270 g/mol. The second kappa shape index (κ2) is 7.67. The van der Waals surface area contributed by atoms with Crippen LogP contribution in [0.5, 0.6) is 5.75 Å². The Labute approximate surface area is 125 Å². The number of carboxylic acids is 1. The minimum atomic E-state index is -0.912. The van der Waals surface area contributed by atoms with Crippen molar-refractivity contribution < 1.29 is 19.4 Å². The third kappa shape index (κ3) is 5.45. The molecule has 0 aliphatic carbocycles. The Morgan fingerprint density at radius 1 is 1.24 bits per heavy atom. The molecule has 0 bridgehead atoms. The van der Waals surface area contributed by atoms with Gasteiger partial charge in [0.15, 0.2) is 0 Å². The molecule has 0 saturated heterocycles. The molecule has 0 saturated carbocycles.